The van der Waals surface area contributed by atoms with E-state index in [9.17, 15) is 4.79 Å². The monoisotopic (exact) mass is 208 g/mol. The van der Waals surface area contributed by atoms with Gasteiger partial charge in [0.25, 0.3) is 0 Å². The highest BCUT2D eigenvalue weighted by atomic mass is 16.5. The molecule has 15 heavy (non-hydrogen) atoms. The van der Waals surface area contributed by atoms with Crippen molar-refractivity contribution in [2.45, 2.75) is 26.9 Å². The number of imidazole rings is 1. The summed E-state index contributed by atoms with van der Waals surface area (Å²) >= 11 is 0. The molecule has 0 amide bonds. The Hall–Kier alpha value is -1.85. The van der Waals surface area contributed by atoms with Crippen molar-refractivity contribution in [3.63, 3.8) is 0 Å². The largest absolute Gasteiger partial charge is 0.340 e. The number of aromatic nitrogens is 4. The second-order valence-corrected chi connectivity index (χ2v) is 3.22. The van der Waals surface area contributed by atoms with Crippen LogP contribution in [-0.2, 0) is 13.1 Å². The second-order valence-electron chi connectivity index (χ2n) is 3.22. The summed E-state index contributed by atoms with van der Waals surface area (Å²) in [6.45, 7) is 4.65. The molecular weight excluding hydrogens is 196 g/mol. The molecule has 0 unspecified atom stereocenters. The van der Waals surface area contributed by atoms with Crippen LogP contribution in [0, 0.1) is 6.92 Å². The van der Waals surface area contributed by atoms with Gasteiger partial charge in [0, 0.05) is 25.9 Å². The van der Waals surface area contributed by atoms with Crippen LogP contribution in [0.1, 0.15) is 18.6 Å². The van der Waals surface area contributed by atoms with Crippen LogP contribution in [0.2, 0.25) is 0 Å². The quantitative estimate of drug-likeness (QED) is 0.732. The van der Waals surface area contributed by atoms with E-state index in [1.165, 1.54) is 0 Å². The van der Waals surface area contributed by atoms with E-state index in [-0.39, 0.29) is 5.69 Å². The number of rotatable bonds is 3. The molecule has 0 aliphatic rings. The molecule has 0 bridgehead atoms. The van der Waals surface area contributed by atoms with Crippen LogP contribution >= 0.6 is 0 Å². The van der Waals surface area contributed by atoms with Gasteiger partial charge in [-0.2, -0.15) is 4.98 Å². The molecule has 2 rings (SSSR count). The van der Waals surface area contributed by atoms with Crippen molar-refractivity contribution in [2.75, 3.05) is 0 Å². The molecule has 6 heteroatoms. The van der Waals surface area contributed by atoms with Gasteiger partial charge in [-0.25, -0.2) is 4.79 Å². The summed E-state index contributed by atoms with van der Waals surface area (Å²) < 4.78 is 7.99. The summed E-state index contributed by atoms with van der Waals surface area (Å²) in [5.74, 6) is 1.02. The summed E-state index contributed by atoms with van der Waals surface area (Å²) in [4.78, 5) is 15.7. The maximum absolute atomic E-state index is 11.7. The summed E-state index contributed by atoms with van der Waals surface area (Å²) in [5, 5.41) is 3.73. The molecular formula is C9H12N4O2. The second kappa shape index (κ2) is 3.72. The van der Waals surface area contributed by atoms with E-state index < -0.39 is 0 Å². The number of hydrogen-bond acceptors (Lipinski definition) is 4. The summed E-state index contributed by atoms with van der Waals surface area (Å²) in [5.41, 5.74) is -0.0556. The van der Waals surface area contributed by atoms with Crippen LogP contribution in [0.25, 0.3) is 0 Å². The van der Waals surface area contributed by atoms with Crippen molar-refractivity contribution >= 4 is 0 Å². The fourth-order valence-electron chi connectivity index (χ4n) is 1.37. The Morgan fingerprint density at radius 2 is 2.13 bits per heavy atom. The zero-order valence-electron chi connectivity index (χ0n) is 8.67. The van der Waals surface area contributed by atoms with E-state index >= 15 is 0 Å². The standard InChI is InChI=1S/C9H12N4O2/c1-3-12-4-5-13(9(12)14)6-8-10-7(2)15-11-8/h4-5H,3,6H2,1-2H3. The average Bonchev–Trinajstić information content (AvgIpc) is 2.76. The Morgan fingerprint density at radius 1 is 1.40 bits per heavy atom. The maximum atomic E-state index is 11.7. The SMILES string of the molecule is CCn1ccn(Cc2noc(C)n2)c1=O. The van der Waals surface area contributed by atoms with Crippen molar-refractivity contribution in [2.24, 2.45) is 0 Å². The summed E-state index contributed by atoms with van der Waals surface area (Å²) in [6.07, 6.45) is 3.47. The minimum absolute atomic E-state index is 0.0556. The van der Waals surface area contributed by atoms with Gasteiger partial charge in [0.1, 0.15) is 0 Å². The zero-order chi connectivity index (χ0) is 10.8. The molecule has 2 aromatic heterocycles. The lowest BCUT2D eigenvalue weighted by Crippen LogP contribution is -2.24. The third kappa shape index (κ3) is 1.83. The van der Waals surface area contributed by atoms with E-state index in [0.29, 0.717) is 24.8 Å². The van der Waals surface area contributed by atoms with Crippen molar-refractivity contribution in [3.8, 4) is 0 Å². The van der Waals surface area contributed by atoms with Gasteiger partial charge in [-0.15, -0.1) is 0 Å². The summed E-state index contributed by atoms with van der Waals surface area (Å²) in [7, 11) is 0. The molecule has 0 fully saturated rings. The van der Waals surface area contributed by atoms with Crippen molar-refractivity contribution < 1.29 is 4.52 Å². The Bertz CT molecular complexity index is 508. The summed E-state index contributed by atoms with van der Waals surface area (Å²) in [6, 6.07) is 0. The van der Waals surface area contributed by atoms with Crippen LogP contribution < -0.4 is 5.69 Å². The molecule has 2 heterocycles. The minimum atomic E-state index is -0.0556. The van der Waals surface area contributed by atoms with Crippen LogP contribution in [-0.4, -0.2) is 19.3 Å². The van der Waals surface area contributed by atoms with Gasteiger partial charge in [-0.1, -0.05) is 5.16 Å². The Labute approximate surface area is 86.1 Å². The Balaban J connectivity index is 2.25. The molecule has 0 aliphatic heterocycles. The van der Waals surface area contributed by atoms with Gasteiger partial charge >= 0.3 is 5.69 Å². The van der Waals surface area contributed by atoms with E-state index in [1.54, 1.807) is 28.5 Å². The molecule has 0 saturated carbocycles. The van der Waals surface area contributed by atoms with Gasteiger partial charge < -0.3 is 4.52 Å². The fourth-order valence-corrected chi connectivity index (χ4v) is 1.37. The van der Waals surface area contributed by atoms with Gasteiger partial charge in [0.05, 0.1) is 6.54 Å². The van der Waals surface area contributed by atoms with E-state index in [2.05, 4.69) is 10.1 Å². The van der Waals surface area contributed by atoms with Gasteiger partial charge in [0.15, 0.2) is 5.82 Å². The Kier molecular flexibility index (Phi) is 2.40. The van der Waals surface area contributed by atoms with Crippen LogP contribution in [0.15, 0.2) is 21.7 Å². The first-order valence-electron chi connectivity index (χ1n) is 4.75. The topological polar surface area (TPSA) is 65.8 Å². The highest BCUT2D eigenvalue weighted by molar-refractivity contribution is 4.89. The molecule has 2 aromatic rings. The smallest absolute Gasteiger partial charge is 0.328 e. The fraction of sp³-hybridized carbons (Fsp3) is 0.444. The van der Waals surface area contributed by atoms with E-state index in [0.717, 1.165) is 0 Å². The van der Waals surface area contributed by atoms with Crippen molar-refractivity contribution in [1.29, 1.82) is 0 Å². The highest BCUT2D eigenvalue weighted by Gasteiger charge is 2.06. The molecule has 0 saturated heterocycles. The molecule has 0 spiro atoms. The number of hydrogen-bond donors (Lipinski definition) is 0. The minimum Gasteiger partial charge on any atom is -0.340 e. The number of aryl methyl sites for hydroxylation is 2. The predicted molar refractivity (Wildman–Crippen MR) is 52.5 cm³/mol. The first-order valence-corrected chi connectivity index (χ1v) is 4.75. The third-order valence-corrected chi connectivity index (χ3v) is 2.14. The average molecular weight is 208 g/mol. The predicted octanol–water partition coefficient (Wildman–Crippen LogP) is 0.409. The van der Waals surface area contributed by atoms with Crippen LogP contribution in [0.5, 0.6) is 0 Å². The zero-order valence-corrected chi connectivity index (χ0v) is 8.67. The molecule has 0 aliphatic carbocycles. The van der Waals surface area contributed by atoms with Gasteiger partial charge in [-0.05, 0) is 6.92 Å². The molecule has 0 N–H and O–H groups in total. The third-order valence-electron chi connectivity index (χ3n) is 2.14. The van der Waals surface area contributed by atoms with Crippen molar-refractivity contribution in [3.05, 3.63) is 34.6 Å². The number of nitrogens with zero attached hydrogens (tertiary/aromatic N) is 4. The lowest BCUT2D eigenvalue weighted by molar-refractivity contribution is 0.385. The van der Waals surface area contributed by atoms with Crippen LogP contribution in [0.3, 0.4) is 0 Å². The molecule has 0 aromatic carbocycles. The van der Waals surface area contributed by atoms with Gasteiger partial charge in [-0.3, -0.25) is 9.13 Å². The first-order chi connectivity index (χ1) is 7.20. The lowest BCUT2D eigenvalue weighted by Gasteiger charge is -1.95. The molecule has 6 nitrogen and oxygen atoms in total. The Morgan fingerprint density at radius 3 is 2.67 bits per heavy atom. The van der Waals surface area contributed by atoms with Crippen molar-refractivity contribution in [1.82, 2.24) is 19.3 Å². The van der Waals surface area contributed by atoms with E-state index in [4.69, 9.17) is 4.52 Å². The van der Waals surface area contributed by atoms with Crippen LogP contribution in [0.4, 0.5) is 0 Å². The maximum Gasteiger partial charge on any atom is 0.328 e. The lowest BCUT2D eigenvalue weighted by atomic mass is 10.6. The van der Waals surface area contributed by atoms with E-state index in [1.807, 2.05) is 6.92 Å². The normalized spacial score (nSPS) is 10.8. The molecule has 0 atom stereocenters. The highest BCUT2D eigenvalue weighted by Crippen LogP contribution is 1.97. The molecule has 80 valence electrons. The molecule has 0 radical (unpaired) electrons. The first kappa shape index (κ1) is 9.70. The van der Waals surface area contributed by atoms with Gasteiger partial charge in [0.2, 0.25) is 5.89 Å².